The quantitative estimate of drug-likeness (QED) is 0.785. The molecule has 16 heavy (non-hydrogen) atoms. The minimum absolute atomic E-state index is 0.291. The maximum atomic E-state index is 13.2. The van der Waals surface area contributed by atoms with Crippen LogP contribution in [0.2, 0.25) is 0 Å². The Bertz CT molecular complexity index is 499. The minimum atomic E-state index is -3.99. The van der Waals surface area contributed by atoms with Crippen LogP contribution >= 0.6 is 0 Å². The van der Waals surface area contributed by atoms with E-state index in [1.807, 2.05) is 0 Å². The van der Waals surface area contributed by atoms with Gasteiger partial charge in [0.2, 0.25) is 5.03 Å². The van der Waals surface area contributed by atoms with Gasteiger partial charge in [0.05, 0.1) is 12.1 Å². The van der Waals surface area contributed by atoms with E-state index in [1.165, 1.54) is 12.3 Å². The molecule has 1 aromatic rings. The Balaban J connectivity index is 2.30. The zero-order valence-corrected chi connectivity index (χ0v) is 9.17. The number of hydrogen-bond donors (Lipinski definition) is 2. The average molecular weight is 246 g/mol. The number of nitrogens with one attached hydrogen (secondary N) is 1. The number of rotatable bonds is 4. The number of aliphatic hydroxyl groups is 1. The summed E-state index contributed by atoms with van der Waals surface area (Å²) >= 11 is 0. The summed E-state index contributed by atoms with van der Waals surface area (Å²) in [6.45, 7) is -0.291. The van der Waals surface area contributed by atoms with Gasteiger partial charge in [-0.25, -0.2) is 22.5 Å². The molecule has 2 N–H and O–H groups in total. The Morgan fingerprint density at radius 2 is 2.25 bits per heavy atom. The zero-order valence-electron chi connectivity index (χ0n) is 8.35. The maximum Gasteiger partial charge on any atom is 0.261 e. The van der Waals surface area contributed by atoms with E-state index in [1.54, 1.807) is 0 Å². The summed E-state index contributed by atoms with van der Waals surface area (Å²) in [4.78, 5) is 3.49. The molecule has 0 saturated heterocycles. The molecule has 0 spiro atoms. The fourth-order valence-electron chi connectivity index (χ4n) is 1.35. The number of aliphatic hydroxyl groups excluding tert-OH is 1. The number of aromatic nitrogens is 1. The molecule has 7 heteroatoms. The minimum Gasteiger partial charge on any atom is -0.394 e. The third-order valence-corrected chi connectivity index (χ3v) is 4.00. The molecule has 1 aliphatic rings. The molecule has 0 bridgehead atoms. The van der Waals surface area contributed by atoms with Crippen molar-refractivity contribution in [2.75, 3.05) is 6.61 Å². The molecular formula is C9H11FN2O3S. The number of sulfonamides is 1. The first-order valence-electron chi connectivity index (χ1n) is 4.74. The second-order valence-corrected chi connectivity index (χ2v) is 5.43. The smallest absolute Gasteiger partial charge is 0.261 e. The molecule has 0 unspecified atom stereocenters. The van der Waals surface area contributed by atoms with E-state index in [4.69, 9.17) is 5.11 Å². The first-order chi connectivity index (χ1) is 7.49. The van der Waals surface area contributed by atoms with Crippen LogP contribution in [0, 0.1) is 5.82 Å². The van der Waals surface area contributed by atoms with Crippen molar-refractivity contribution in [3.8, 4) is 0 Å². The van der Waals surface area contributed by atoms with Gasteiger partial charge in [0.25, 0.3) is 10.0 Å². The van der Waals surface area contributed by atoms with Crippen molar-refractivity contribution < 1.29 is 17.9 Å². The van der Waals surface area contributed by atoms with Crippen molar-refractivity contribution in [3.63, 3.8) is 0 Å². The largest absolute Gasteiger partial charge is 0.394 e. The number of pyridine rings is 1. The van der Waals surface area contributed by atoms with Crippen LogP contribution in [-0.2, 0) is 10.0 Å². The van der Waals surface area contributed by atoms with Gasteiger partial charge in [-0.2, -0.15) is 0 Å². The average Bonchev–Trinajstić information content (AvgIpc) is 2.98. The van der Waals surface area contributed by atoms with E-state index in [9.17, 15) is 12.8 Å². The van der Waals surface area contributed by atoms with Crippen LogP contribution in [0.25, 0.3) is 0 Å². The van der Waals surface area contributed by atoms with Gasteiger partial charge in [-0.3, -0.25) is 0 Å². The molecule has 5 nitrogen and oxygen atoms in total. The van der Waals surface area contributed by atoms with Crippen molar-refractivity contribution in [1.82, 2.24) is 9.71 Å². The molecule has 1 saturated carbocycles. The molecule has 0 atom stereocenters. The SMILES string of the molecule is O=S(=O)(NC1(CO)CC1)c1ncccc1F. The highest BCUT2D eigenvalue weighted by Crippen LogP contribution is 2.36. The van der Waals surface area contributed by atoms with Crippen LogP contribution in [0.3, 0.4) is 0 Å². The van der Waals surface area contributed by atoms with Crippen LogP contribution in [0.15, 0.2) is 23.4 Å². The van der Waals surface area contributed by atoms with Crippen LogP contribution in [-0.4, -0.2) is 30.7 Å². The van der Waals surface area contributed by atoms with Crippen LogP contribution in [0.4, 0.5) is 4.39 Å². The highest BCUT2D eigenvalue weighted by atomic mass is 32.2. The number of nitrogens with zero attached hydrogens (tertiary/aromatic N) is 1. The Labute approximate surface area is 92.4 Å². The molecule has 0 radical (unpaired) electrons. The Kier molecular flexibility index (Phi) is 2.69. The van der Waals surface area contributed by atoms with Gasteiger partial charge in [-0.1, -0.05) is 0 Å². The zero-order chi connectivity index (χ0) is 11.8. The van der Waals surface area contributed by atoms with Gasteiger partial charge in [-0.05, 0) is 25.0 Å². The fourth-order valence-corrected chi connectivity index (χ4v) is 2.81. The summed E-state index contributed by atoms with van der Waals surface area (Å²) in [6.07, 6.45) is 2.31. The summed E-state index contributed by atoms with van der Waals surface area (Å²) in [6, 6.07) is 2.34. The van der Waals surface area contributed by atoms with Crippen molar-refractivity contribution in [3.05, 3.63) is 24.1 Å². The molecule has 0 aromatic carbocycles. The molecule has 1 aromatic heterocycles. The second-order valence-electron chi connectivity index (χ2n) is 3.83. The lowest BCUT2D eigenvalue weighted by Crippen LogP contribution is -2.40. The van der Waals surface area contributed by atoms with Crippen molar-refractivity contribution >= 4 is 10.0 Å². The van der Waals surface area contributed by atoms with Gasteiger partial charge in [0.15, 0.2) is 5.82 Å². The van der Waals surface area contributed by atoms with Gasteiger partial charge in [0, 0.05) is 6.20 Å². The summed E-state index contributed by atoms with van der Waals surface area (Å²) < 4.78 is 39.0. The third kappa shape index (κ3) is 2.06. The van der Waals surface area contributed by atoms with E-state index in [2.05, 4.69) is 9.71 Å². The Morgan fingerprint density at radius 1 is 1.56 bits per heavy atom. The summed E-state index contributed by atoms with van der Waals surface area (Å²) in [5, 5.41) is 8.37. The second kappa shape index (κ2) is 3.76. The lowest BCUT2D eigenvalue weighted by Gasteiger charge is -2.13. The van der Waals surface area contributed by atoms with Gasteiger partial charge in [-0.15, -0.1) is 0 Å². The monoisotopic (exact) mass is 246 g/mol. The molecule has 2 rings (SSSR count). The van der Waals surface area contributed by atoms with Gasteiger partial charge >= 0.3 is 0 Å². The Morgan fingerprint density at radius 3 is 2.75 bits per heavy atom. The lowest BCUT2D eigenvalue weighted by molar-refractivity contribution is 0.246. The standard InChI is InChI=1S/C9H11FN2O3S/c10-7-2-1-5-11-8(7)16(14,15)12-9(6-13)3-4-9/h1-2,5,12-13H,3-4,6H2. The van der Waals surface area contributed by atoms with Crippen LogP contribution in [0.1, 0.15) is 12.8 Å². The maximum absolute atomic E-state index is 13.2. The lowest BCUT2D eigenvalue weighted by atomic mass is 10.3. The number of halogens is 1. The Hall–Kier alpha value is -1.05. The highest BCUT2D eigenvalue weighted by Gasteiger charge is 2.46. The summed E-state index contributed by atoms with van der Waals surface area (Å²) in [5.41, 5.74) is -0.817. The van der Waals surface area contributed by atoms with E-state index < -0.39 is 26.4 Å². The first-order valence-corrected chi connectivity index (χ1v) is 6.23. The predicted molar refractivity (Wildman–Crippen MR) is 53.6 cm³/mol. The summed E-state index contributed by atoms with van der Waals surface area (Å²) in [5.74, 6) is -0.899. The van der Waals surface area contributed by atoms with Gasteiger partial charge < -0.3 is 5.11 Å². The first kappa shape index (κ1) is 11.4. The normalized spacial score (nSPS) is 18.4. The van der Waals surface area contributed by atoms with Crippen molar-refractivity contribution in [2.45, 2.75) is 23.4 Å². The van der Waals surface area contributed by atoms with Gasteiger partial charge in [0.1, 0.15) is 0 Å². The molecule has 0 aliphatic heterocycles. The van der Waals surface area contributed by atoms with Crippen molar-refractivity contribution in [1.29, 1.82) is 0 Å². The molecule has 1 aliphatic carbocycles. The highest BCUT2D eigenvalue weighted by molar-refractivity contribution is 7.89. The van der Waals surface area contributed by atoms with E-state index in [0.29, 0.717) is 12.8 Å². The van der Waals surface area contributed by atoms with E-state index in [0.717, 1.165) is 6.07 Å². The van der Waals surface area contributed by atoms with E-state index >= 15 is 0 Å². The molecule has 0 amide bonds. The van der Waals surface area contributed by atoms with Crippen LogP contribution < -0.4 is 4.72 Å². The molecule has 1 heterocycles. The number of hydrogen-bond acceptors (Lipinski definition) is 4. The molecular weight excluding hydrogens is 235 g/mol. The molecule has 1 fully saturated rings. The third-order valence-electron chi connectivity index (χ3n) is 2.49. The van der Waals surface area contributed by atoms with Crippen molar-refractivity contribution in [2.24, 2.45) is 0 Å². The molecule has 88 valence electrons. The fraction of sp³-hybridized carbons (Fsp3) is 0.444. The summed E-state index contributed by atoms with van der Waals surface area (Å²) in [7, 11) is -3.99. The predicted octanol–water partition coefficient (Wildman–Crippen LogP) is 0.0239. The topological polar surface area (TPSA) is 79.3 Å². The van der Waals surface area contributed by atoms with Crippen LogP contribution in [0.5, 0.6) is 0 Å². The van der Waals surface area contributed by atoms with E-state index in [-0.39, 0.29) is 6.61 Å².